The topological polar surface area (TPSA) is 76.8 Å². The van der Waals surface area contributed by atoms with Crippen LogP contribution in [0, 0.1) is 10.1 Å². The van der Waals surface area contributed by atoms with Gasteiger partial charge in [0.05, 0.1) is 24.8 Å². The van der Waals surface area contributed by atoms with E-state index in [2.05, 4.69) is 10.5 Å². The van der Waals surface area contributed by atoms with Crippen LogP contribution in [0.5, 0.6) is 5.75 Å². The summed E-state index contributed by atoms with van der Waals surface area (Å²) < 4.78 is 5.23. The number of nitro benzene ring substituents is 1. The molecule has 0 aliphatic heterocycles. The summed E-state index contributed by atoms with van der Waals surface area (Å²) >= 11 is 5.98. The van der Waals surface area contributed by atoms with Crippen molar-refractivity contribution >= 4 is 23.5 Å². The van der Waals surface area contributed by atoms with Gasteiger partial charge >= 0.3 is 0 Å². The maximum absolute atomic E-state index is 10.7. The van der Waals surface area contributed by atoms with Gasteiger partial charge in [0.1, 0.15) is 5.75 Å². The molecule has 7 heteroatoms. The van der Waals surface area contributed by atoms with Crippen LogP contribution in [0.25, 0.3) is 0 Å². The lowest BCUT2D eigenvalue weighted by Crippen LogP contribution is -2.07. The number of benzene rings is 2. The quantitative estimate of drug-likeness (QED) is 0.503. The molecule has 0 unspecified atom stereocenters. The number of ether oxygens (including phenoxy) is 1. The van der Waals surface area contributed by atoms with Crippen LogP contribution in [0.4, 0.5) is 5.69 Å². The normalized spacial score (nSPS) is 10.6. The third-order valence-electron chi connectivity index (χ3n) is 2.95. The van der Waals surface area contributed by atoms with Crippen LogP contribution in [-0.4, -0.2) is 18.2 Å². The van der Waals surface area contributed by atoms with Gasteiger partial charge in [-0.05, 0) is 12.1 Å². The SMILES string of the molecule is COc1ccccc1CN/N=C/c1cc([N+](=O)[O-])ccc1Cl. The molecule has 0 radical (unpaired) electrons. The Morgan fingerprint density at radius 2 is 2.14 bits per heavy atom. The van der Waals surface area contributed by atoms with Crippen LogP contribution < -0.4 is 10.2 Å². The molecule has 0 saturated carbocycles. The number of non-ortho nitro benzene ring substituents is 1. The van der Waals surface area contributed by atoms with Crippen LogP contribution in [0.2, 0.25) is 5.02 Å². The Balaban J connectivity index is 2.04. The van der Waals surface area contributed by atoms with E-state index in [1.165, 1.54) is 24.4 Å². The van der Waals surface area contributed by atoms with Gasteiger partial charge in [-0.3, -0.25) is 10.1 Å². The Bertz CT molecular complexity index is 704. The molecule has 2 aromatic rings. The van der Waals surface area contributed by atoms with Gasteiger partial charge in [-0.1, -0.05) is 29.8 Å². The summed E-state index contributed by atoms with van der Waals surface area (Å²) in [4.78, 5) is 10.3. The molecular formula is C15H14ClN3O3. The Morgan fingerprint density at radius 3 is 2.86 bits per heavy atom. The molecule has 6 nitrogen and oxygen atoms in total. The zero-order valence-corrected chi connectivity index (χ0v) is 12.6. The fourth-order valence-electron chi connectivity index (χ4n) is 1.84. The minimum atomic E-state index is -0.476. The van der Waals surface area contributed by atoms with Gasteiger partial charge in [0.15, 0.2) is 0 Å². The fraction of sp³-hybridized carbons (Fsp3) is 0.133. The molecular weight excluding hydrogens is 306 g/mol. The second-order valence-electron chi connectivity index (χ2n) is 4.37. The summed E-state index contributed by atoms with van der Waals surface area (Å²) in [6, 6.07) is 11.8. The zero-order chi connectivity index (χ0) is 15.9. The van der Waals surface area contributed by atoms with E-state index in [1.807, 2.05) is 24.3 Å². The van der Waals surface area contributed by atoms with E-state index in [4.69, 9.17) is 16.3 Å². The van der Waals surface area contributed by atoms with E-state index in [1.54, 1.807) is 7.11 Å². The maximum atomic E-state index is 10.7. The minimum absolute atomic E-state index is 0.0319. The first kappa shape index (κ1) is 15.8. The van der Waals surface area contributed by atoms with Crippen molar-refractivity contribution in [3.63, 3.8) is 0 Å². The van der Waals surface area contributed by atoms with Crippen molar-refractivity contribution in [2.24, 2.45) is 5.10 Å². The van der Waals surface area contributed by atoms with Crippen molar-refractivity contribution < 1.29 is 9.66 Å². The minimum Gasteiger partial charge on any atom is -0.496 e. The van der Waals surface area contributed by atoms with E-state index >= 15 is 0 Å². The number of hydrazone groups is 1. The molecule has 0 aliphatic carbocycles. The molecule has 0 fully saturated rings. The van der Waals surface area contributed by atoms with E-state index < -0.39 is 4.92 Å². The van der Waals surface area contributed by atoms with Crippen LogP contribution in [0.1, 0.15) is 11.1 Å². The summed E-state index contributed by atoms with van der Waals surface area (Å²) in [5.74, 6) is 0.763. The smallest absolute Gasteiger partial charge is 0.270 e. The standard InChI is InChI=1S/C15H14ClN3O3/c1-22-15-5-3-2-4-11(15)9-17-18-10-12-8-13(19(20)21)6-7-14(12)16/h2-8,10,17H,9H2,1H3/b18-10+. The first-order valence-corrected chi connectivity index (χ1v) is 6.81. The van der Waals surface area contributed by atoms with Crippen LogP contribution in [-0.2, 0) is 6.54 Å². The van der Waals surface area contributed by atoms with Crippen molar-refractivity contribution in [3.8, 4) is 5.75 Å². The summed E-state index contributed by atoms with van der Waals surface area (Å²) in [6.07, 6.45) is 1.45. The number of methoxy groups -OCH3 is 1. The van der Waals surface area contributed by atoms with E-state index in [9.17, 15) is 10.1 Å². The molecule has 0 bridgehead atoms. The molecule has 0 atom stereocenters. The van der Waals surface area contributed by atoms with Crippen molar-refractivity contribution in [1.29, 1.82) is 0 Å². The molecule has 0 spiro atoms. The number of hydrogen-bond donors (Lipinski definition) is 1. The number of nitro groups is 1. The molecule has 0 aliphatic rings. The number of halogens is 1. The molecule has 0 aromatic heterocycles. The van der Waals surface area contributed by atoms with Crippen molar-refractivity contribution in [2.75, 3.05) is 7.11 Å². The number of nitrogens with zero attached hydrogens (tertiary/aromatic N) is 2. The molecule has 22 heavy (non-hydrogen) atoms. The van der Waals surface area contributed by atoms with Gasteiger partial charge in [-0.25, -0.2) is 0 Å². The Morgan fingerprint density at radius 1 is 1.36 bits per heavy atom. The maximum Gasteiger partial charge on any atom is 0.270 e. The number of hydrogen-bond acceptors (Lipinski definition) is 5. The molecule has 0 amide bonds. The van der Waals surface area contributed by atoms with Gasteiger partial charge in [0.2, 0.25) is 0 Å². The highest BCUT2D eigenvalue weighted by molar-refractivity contribution is 6.33. The largest absolute Gasteiger partial charge is 0.496 e. The Labute approximate surface area is 132 Å². The highest BCUT2D eigenvalue weighted by Gasteiger charge is 2.08. The third-order valence-corrected chi connectivity index (χ3v) is 3.29. The van der Waals surface area contributed by atoms with E-state index in [0.29, 0.717) is 17.1 Å². The summed E-state index contributed by atoms with van der Waals surface area (Å²) in [7, 11) is 1.60. The Hall–Kier alpha value is -2.60. The van der Waals surface area contributed by atoms with Gasteiger partial charge in [0.25, 0.3) is 5.69 Å². The lowest BCUT2D eigenvalue weighted by molar-refractivity contribution is -0.384. The van der Waals surface area contributed by atoms with Crippen molar-refractivity contribution in [2.45, 2.75) is 6.54 Å². The first-order valence-electron chi connectivity index (χ1n) is 6.43. The highest BCUT2D eigenvalue weighted by atomic mass is 35.5. The number of rotatable bonds is 6. The fourth-order valence-corrected chi connectivity index (χ4v) is 2.00. The molecule has 114 valence electrons. The number of nitrogens with one attached hydrogen (secondary N) is 1. The lowest BCUT2D eigenvalue weighted by atomic mass is 10.2. The molecule has 0 heterocycles. The predicted octanol–water partition coefficient (Wildman–Crippen LogP) is 3.38. The predicted molar refractivity (Wildman–Crippen MR) is 85.5 cm³/mol. The average Bonchev–Trinajstić information content (AvgIpc) is 2.53. The second-order valence-corrected chi connectivity index (χ2v) is 4.78. The van der Waals surface area contributed by atoms with Crippen molar-refractivity contribution in [3.05, 3.63) is 68.7 Å². The summed E-state index contributed by atoms with van der Waals surface area (Å²) in [5.41, 5.74) is 4.26. The van der Waals surface area contributed by atoms with Gasteiger partial charge in [-0.15, -0.1) is 0 Å². The lowest BCUT2D eigenvalue weighted by Gasteiger charge is -2.07. The monoisotopic (exact) mass is 319 g/mol. The summed E-state index contributed by atoms with van der Waals surface area (Å²) in [6.45, 7) is 0.465. The highest BCUT2D eigenvalue weighted by Crippen LogP contribution is 2.20. The van der Waals surface area contributed by atoms with Crippen LogP contribution >= 0.6 is 11.6 Å². The molecule has 2 aromatic carbocycles. The van der Waals surface area contributed by atoms with Gasteiger partial charge in [0, 0.05) is 28.3 Å². The first-order chi connectivity index (χ1) is 10.6. The number of para-hydroxylation sites is 1. The van der Waals surface area contributed by atoms with E-state index in [-0.39, 0.29) is 5.69 Å². The van der Waals surface area contributed by atoms with Gasteiger partial charge in [-0.2, -0.15) is 5.10 Å². The van der Waals surface area contributed by atoms with Gasteiger partial charge < -0.3 is 10.2 Å². The molecule has 2 rings (SSSR count). The zero-order valence-electron chi connectivity index (χ0n) is 11.8. The molecule has 1 N–H and O–H groups in total. The average molecular weight is 320 g/mol. The van der Waals surface area contributed by atoms with Crippen LogP contribution in [0.3, 0.4) is 0 Å². The van der Waals surface area contributed by atoms with Crippen LogP contribution in [0.15, 0.2) is 47.6 Å². The summed E-state index contributed by atoms with van der Waals surface area (Å²) in [5, 5.41) is 15.2. The Kier molecular flexibility index (Phi) is 5.32. The molecule has 0 saturated heterocycles. The van der Waals surface area contributed by atoms with Crippen molar-refractivity contribution in [1.82, 2.24) is 5.43 Å². The van der Waals surface area contributed by atoms with E-state index in [0.717, 1.165) is 11.3 Å². The third kappa shape index (κ3) is 3.95. The second kappa shape index (κ2) is 7.42.